The van der Waals surface area contributed by atoms with E-state index in [0.29, 0.717) is 12.1 Å². The highest BCUT2D eigenvalue weighted by atomic mass is 19.1. The van der Waals surface area contributed by atoms with Crippen LogP contribution in [0, 0.1) is 31.3 Å². The van der Waals surface area contributed by atoms with Gasteiger partial charge in [0.2, 0.25) is 0 Å². The van der Waals surface area contributed by atoms with Crippen LogP contribution in [0.4, 0.5) is 13.2 Å². The van der Waals surface area contributed by atoms with E-state index in [1.165, 1.54) is 31.2 Å². The molecule has 0 saturated heterocycles. The van der Waals surface area contributed by atoms with Crippen molar-refractivity contribution in [2.75, 3.05) is 6.54 Å². The van der Waals surface area contributed by atoms with E-state index >= 15 is 0 Å². The summed E-state index contributed by atoms with van der Waals surface area (Å²) in [6.45, 7) is 5.74. The van der Waals surface area contributed by atoms with Crippen molar-refractivity contribution in [2.45, 2.75) is 26.8 Å². The fourth-order valence-corrected chi connectivity index (χ4v) is 2.44. The molecule has 0 fully saturated rings. The fourth-order valence-electron chi connectivity index (χ4n) is 2.44. The zero-order valence-electron chi connectivity index (χ0n) is 12.3. The molecule has 2 aromatic rings. The lowest BCUT2D eigenvalue weighted by Crippen LogP contribution is -2.24. The molecule has 0 saturated carbocycles. The average molecular weight is 293 g/mol. The van der Waals surface area contributed by atoms with Crippen LogP contribution in [0.15, 0.2) is 30.3 Å². The predicted octanol–water partition coefficient (Wildman–Crippen LogP) is 4.42. The zero-order valence-corrected chi connectivity index (χ0v) is 12.3. The van der Waals surface area contributed by atoms with Crippen LogP contribution in [0.2, 0.25) is 0 Å². The van der Waals surface area contributed by atoms with Crippen LogP contribution in [-0.4, -0.2) is 6.54 Å². The molecule has 0 amide bonds. The third kappa shape index (κ3) is 3.27. The van der Waals surface area contributed by atoms with Crippen molar-refractivity contribution in [3.63, 3.8) is 0 Å². The van der Waals surface area contributed by atoms with Gasteiger partial charge in [-0.3, -0.25) is 0 Å². The number of hydrogen-bond acceptors (Lipinski definition) is 1. The van der Waals surface area contributed by atoms with Gasteiger partial charge in [-0.1, -0.05) is 13.0 Å². The fraction of sp³-hybridized carbons (Fsp3) is 0.294. The van der Waals surface area contributed by atoms with Gasteiger partial charge in [0, 0.05) is 5.56 Å². The largest absolute Gasteiger partial charge is 0.306 e. The Morgan fingerprint density at radius 3 is 2.24 bits per heavy atom. The Kier molecular flexibility index (Phi) is 4.68. The molecule has 0 aliphatic heterocycles. The Morgan fingerprint density at radius 2 is 1.62 bits per heavy atom. The van der Waals surface area contributed by atoms with Crippen LogP contribution >= 0.6 is 0 Å². The van der Waals surface area contributed by atoms with Gasteiger partial charge in [0.05, 0.1) is 6.04 Å². The van der Waals surface area contributed by atoms with Gasteiger partial charge in [-0.05, 0) is 61.3 Å². The molecule has 0 radical (unpaired) electrons. The van der Waals surface area contributed by atoms with E-state index in [1.807, 2.05) is 6.92 Å². The van der Waals surface area contributed by atoms with Gasteiger partial charge in [0.15, 0.2) is 0 Å². The van der Waals surface area contributed by atoms with Crippen molar-refractivity contribution in [3.05, 3.63) is 70.0 Å². The van der Waals surface area contributed by atoms with E-state index in [1.54, 1.807) is 13.0 Å². The second-order valence-corrected chi connectivity index (χ2v) is 5.11. The lowest BCUT2D eigenvalue weighted by molar-refractivity contribution is 0.539. The van der Waals surface area contributed by atoms with Gasteiger partial charge in [0.1, 0.15) is 17.5 Å². The summed E-state index contributed by atoms with van der Waals surface area (Å²) < 4.78 is 41.2. The second kappa shape index (κ2) is 6.31. The maximum Gasteiger partial charge on any atom is 0.128 e. The smallest absolute Gasteiger partial charge is 0.128 e. The van der Waals surface area contributed by atoms with Crippen molar-refractivity contribution < 1.29 is 13.2 Å². The SMILES string of the molecule is CCNC(c1ccc(F)cc1C)c1cc(F)c(C)cc1F. The first kappa shape index (κ1) is 15.6. The van der Waals surface area contributed by atoms with E-state index in [4.69, 9.17) is 0 Å². The Morgan fingerprint density at radius 1 is 0.905 bits per heavy atom. The van der Waals surface area contributed by atoms with Gasteiger partial charge in [-0.25, -0.2) is 13.2 Å². The minimum absolute atomic E-state index is 0.231. The number of aryl methyl sites for hydroxylation is 2. The van der Waals surface area contributed by atoms with E-state index in [-0.39, 0.29) is 16.9 Å². The average Bonchev–Trinajstić information content (AvgIpc) is 2.41. The third-order valence-electron chi connectivity index (χ3n) is 3.54. The molecule has 2 aromatic carbocycles. The first-order chi connectivity index (χ1) is 9.93. The number of halogens is 3. The molecule has 0 bridgehead atoms. The molecule has 0 aliphatic carbocycles. The van der Waals surface area contributed by atoms with Crippen molar-refractivity contribution in [1.29, 1.82) is 0 Å². The first-order valence-electron chi connectivity index (χ1n) is 6.89. The van der Waals surface area contributed by atoms with Gasteiger partial charge < -0.3 is 5.32 Å². The van der Waals surface area contributed by atoms with Crippen molar-refractivity contribution >= 4 is 0 Å². The summed E-state index contributed by atoms with van der Waals surface area (Å²) >= 11 is 0. The molecule has 112 valence electrons. The normalized spacial score (nSPS) is 12.5. The Labute approximate surface area is 122 Å². The number of benzene rings is 2. The lowest BCUT2D eigenvalue weighted by Gasteiger charge is -2.22. The predicted molar refractivity (Wildman–Crippen MR) is 77.8 cm³/mol. The minimum atomic E-state index is -0.509. The lowest BCUT2D eigenvalue weighted by atomic mass is 9.93. The summed E-state index contributed by atoms with van der Waals surface area (Å²) in [7, 11) is 0. The summed E-state index contributed by atoms with van der Waals surface area (Å²) in [6.07, 6.45) is 0. The zero-order chi connectivity index (χ0) is 15.6. The Hall–Kier alpha value is -1.81. The summed E-state index contributed by atoms with van der Waals surface area (Å²) in [6, 6.07) is 6.21. The highest BCUT2D eigenvalue weighted by Gasteiger charge is 2.20. The van der Waals surface area contributed by atoms with E-state index in [2.05, 4.69) is 5.32 Å². The molecule has 21 heavy (non-hydrogen) atoms. The molecule has 1 atom stereocenters. The quantitative estimate of drug-likeness (QED) is 0.880. The summed E-state index contributed by atoms with van der Waals surface area (Å²) in [4.78, 5) is 0. The summed E-state index contributed by atoms with van der Waals surface area (Å²) in [5.74, 6) is -1.26. The van der Waals surface area contributed by atoms with Gasteiger partial charge in [-0.15, -0.1) is 0 Å². The maximum absolute atomic E-state index is 14.2. The molecular weight excluding hydrogens is 275 g/mol. The van der Waals surface area contributed by atoms with E-state index in [9.17, 15) is 13.2 Å². The standard InChI is InChI=1S/C17H18F3N/c1-4-21-17(13-6-5-12(18)7-10(13)2)14-9-15(19)11(3)8-16(14)20/h5-9,17,21H,4H2,1-3H3. The molecule has 1 nitrogen and oxygen atoms in total. The summed E-state index contributed by atoms with van der Waals surface area (Å²) in [5.41, 5.74) is 1.93. The van der Waals surface area contributed by atoms with E-state index in [0.717, 1.165) is 5.56 Å². The summed E-state index contributed by atoms with van der Waals surface area (Å²) in [5, 5.41) is 3.13. The van der Waals surface area contributed by atoms with Crippen LogP contribution in [-0.2, 0) is 0 Å². The van der Waals surface area contributed by atoms with Crippen LogP contribution < -0.4 is 5.32 Å². The van der Waals surface area contributed by atoms with Crippen LogP contribution in [0.5, 0.6) is 0 Å². The maximum atomic E-state index is 14.2. The molecule has 0 heterocycles. The molecule has 0 spiro atoms. The first-order valence-corrected chi connectivity index (χ1v) is 6.89. The molecule has 1 unspecified atom stereocenters. The molecule has 0 aliphatic rings. The topological polar surface area (TPSA) is 12.0 Å². The Bertz CT molecular complexity index is 653. The highest BCUT2D eigenvalue weighted by Crippen LogP contribution is 2.29. The van der Waals surface area contributed by atoms with Crippen LogP contribution in [0.25, 0.3) is 0 Å². The van der Waals surface area contributed by atoms with Crippen LogP contribution in [0.3, 0.4) is 0 Å². The highest BCUT2D eigenvalue weighted by molar-refractivity contribution is 5.39. The monoisotopic (exact) mass is 293 g/mol. The third-order valence-corrected chi connectivity index (χ3v) is 3.54. The molecular formula is C17H18F3N. The van der Waals surface area contributed by atoms with Crippen LogP contribution in [0.1, 0.15) is 35.2 Å². The second-order valence-electron chi connectivity index (χ2n) is 5.11. The molecule has 0 aromatic heterocycles. The van der Waals surface area contributed by atoms with Crippen molar-refractivity contribution in [3.8, 4) is 0 Å². The van der Waals surface area contributed by atoms with Gasteiger partial charge in [0.25, 0.3) is 0 Å². The van der Waals surface area contributed by atoms with Gasteiger partial charge in [-0.2, -0.15) is 0 Å². The van der Waals surface area contributed by atoms with Gasteiger partial charge >= 0.3 is 0 Å². The minimum Gasteiger partial charge on any atom is -0.306 e. The Balaban J connectivity index is 2.55. The molecule has 4 heteroatoms. The number of rotatable bonds is 4. The van der Waals surface area contributed by atoms with Crippen molar-refractivity contribution in [2.24, 2.45) is 0 Å². The van der Waals surface area contributed by atoms with E-state index < -0.39 is 17.7 Å². The van der Waals surface area contributed by atoms with Crippen molar-refractivity contribution in [1.82, 2.24) is 5.32 Å². The number of nitrogens with one attached hydrogen (secondary N) is 1. The molecule has 2 rings (SSSR count). The molecule has 1 N–H and O–H groups in total. The number of hydrogen-bond donors (Lipinski definition) is 1.